The highest BCUT2D eigenvalue weighted by atomic mass is 16.1. The lowest BCUT2D eigenvalue weighted by molar-refractivity contribution is 0.0936. The van der Waals surface area contributed by atoms with E-state index in [4.69, 9.17) is 0 Å². The van der Waals surface area contributed by atoms with Gasteiger partial charge in [0.15, 0.2) is 5.69 Å². The zero-order chi connectivity index (χ0) is 19.4. The number of hydrogen-bond acceptors (Lipinski definition) is 3. The molecule has 0 radical (unpaired) electrons. The normalized spacial score (nSPS) is 12.2. The van der Waals surface area contributed by atoms with E-state index in [9.17, 15) is 4.79 Å². The molecule has 5 heteroatoms. The molecular weight excluding hydrogens is 336 g/mol. The molecule has 0 aliphatic heterocycles. The zero-order valence-corrected chi connectivity index (χ0v) is 16.3. The second kappa shape index (κ2) is 8.18. The number of carbonyl (C=O) groups is 1. The van der Waals surface area contributed by atoms with Crippen LogP contribution in [0.2, 0.25) is 0 Å². The van der Waals surface area contributed by atoms with Gasteiger partial charge in [-0.2, -0.15) is 5.10 Å². The van der Waals surface area contributed by atoms with Gasteiger partial charge in [-0.05, 0) is 38.2 Å². The van der Waals surface area contributed by atoms with E-state index in [1.807, 2.05) is 57.5 Å². The Morgan fingerprint density at radius 1 is 1.11 bits per heavy atom. The van der Waals surface area contributed by atoms with E-state index >= 15 is 0 Å². The van der Waals surface area contributed by atoms with E-state index in [1.165, 1.54) is 11.1 Å². The van der Waals surface area contributed by atoms with E-state index in [-0.39, 0.29) is 11.9 Å². The number of carbonyl (C=O) groups excluding carboxylic acids is 1. The maximum atomic E-state index is 12.6. The van der Waals surface area contributed by atoms with E-state index in [1.54, 1.807) is 4.68 Å². The second-order valence-corrected chi connectivity index (χ2v) is 7.00. The number of likely N-dealkylation sites (N-methyl/N-ethyl adjacent to an activating group) is 1. The Labute approximate surface area is 160 Å². The Morgan fingerprint density at radius 3 is 2.41 bits per heavy atom. The van der Waals surface area contributed by atoms with Gasteiger partial charge in [-0.15, -0.1) is 0 Å². The van der Waals surface area contributed by atoms with Crippen LogP contribution in [0, 0.1) is 6.92 Å². The summed E-state index contributed by atoms with van der Waals surface area (Å²) in [5, 5.41) is 7.42. The summed E-state index contributed by atoms with van der Waals surface area (Å²) in [5.74, 6) is -0.160. The number of hydrogen-bond donors (Lipinski definition) is 1. The van der Waals surface area contributed by atoms with Crippen molar-refractivity contribution < 1.29 is 4.79 Å². The summed E-state index contributed by atoms with van der Waals surface area (Å²) < 4.78 is 1.75. The lowest BCUT2D eigenvalue weighted by Crippen LogP contribution is -2.34. The van der Waals surface area contributed by atoms with Gasteiger partial charge in [-0.25, -0.2) is 0 Å². The predicted octanol–water partition coefficient (Wildman–Crippen LogP) is 3.43. The highest BCUT2D eigenvalue weighted by Crippen LogP contribution is 2.21. The van der Waals surface area contributed by atoms with Crippen molar-refractivity contribution in [3.63, 3.8) is 0 Å². The number of aromatic nitrogens is 2. The summed E-state index contributed by atoms with van der Waals surface area (Å²) in [6.45, 7) is 2.58. The fourth-order valence-corrected chi connectivity index (χ4v) is 3.13. The second-order valence-electron chi connectivity index (χ2n) is 7.00. The van der Waals surface area contributed by atoms with Gasteiger partial charge in [-0.3, -0.25) is 9.48 Å². The molecule has 1 N–H and O–H groups in total. The molecule has 140 valence electrons. The molecule has 3 aromatic rings. The van der Waals surface area contributed by atoms with Gasteiger partial charge in [0.05, 0.1) is 11.7 Å². The maximum Gasteiger partial charge on any atom is 0.271 e. The Bertz CT molecular complexity index is 898. The maximum absolute atomic E-state index is 12.6. The van der Waals surface area contributed by atoms with Crippen LogP contribution in [-0.2, 0) is 7.05 Å². The fourth-order valence-electron chi connectivity index (χ4n) is 3.13. The van der Waals surface area contributed by atoms with E-state index < -0.39 is 0 Å². The standard InChI is InChI=1S/C22H26N4O/c1-16-10-12-18(13-11-16)20-14-19(24-26(20)4)22(27)23-15-21(25(2)3)17-8-6-5-7-9-17/h5-14,21H,15H2,1-4H3,(H,23,27). The van der Waals surface area contributed by atoms with Crippen molar-refractivity contribution in [1.29, 1.82) is 0 Å². The number of benzene rings is 2. The third kappa shape index (κ3) is 4.44. The molecule has 2 aromatic carbocycles. The lowest BCUT2D eigenvalue weighted by atomic mass is 10.1. The summed E-state index contributed by atoms with van der Waals surface area (Å²) >= 11 is 0. The molecule has 1 amide bonds. The molecule has 0 saturated carbocycles. The van der Waals surface area contributed by atoms with Crippen LogP contribution in [0.3, 0.4) is 0 Å². The van der Waals surface area contributed by atoms with Crippen LogP contribution in [-0.4, -0.2) is 41.2 Å². The van der Waals surface area contributed by atoms with Crippen LogP contribution in [0.1, 0.15) is 27.7 Å². The first-order valence-corrected chi connectivity index (χ1v) is 9.06. The van der Waals surface area contributed by atoms with Crippen molar-refractivity contribution in [2.24, 2.45) is 7.05 Å². The van der Waals surface area contributed by atoms with Gasteiger partial charge in [0, 0.05) is 13.6 Å². The first kappa shape index (κ1) is 18.9. The third-order valence-corrected chi connectivity index (χ3v) is 4.72. The zero-order valence-electron chi connectivity index (χ0n) is 16.3. The van der Waals surface area contributed by atoms with E-state index in [0.29, 0.717) is 12.2 Å². The Balaban J connectivity index is 1.73. The molecule has 3 rings (SSSR count). The number of nitrogens with zero attached hydrogens (tertiary/aromatic N) is 3. The molecule has 0 bridgehead atoms. The summed E-state index contributed by atoms with van der Waals surface area (Å²) in [6.07, 6.45) is 0. The van der Waals surface area contributed by atoms with Gasteiger partial charge in [-0.1, -0.05) is 60.2 Å². The van der Waals surface area contributed by atoms with Crippen molar-refractivity contribution in [1.82, 2.24) is 20.0 Å². The summed E-state index contributed by atoms with van der Waals surface area (Å²) in [6, 6.07) is 20.3. The molecule has 1 aromatic heterocycles. The van der Waals surface area contributed by atoms with Gasteiger partial charge in [0.25, 0.3) is 5.91 Å². The number of aryl methyl sites for hydroxylation is 2. The fraction of sp³-hybridized carbons (Fsp3) is 0.273. The quantitative estimate of drug-likeness (QED) is 0.731. The van der Waals surface area contributed by atoms with Gasteiger partial charge < -0.3 is 10.2 Å². The van der Waals surface area contributed by atoms with Crippen LogP contribution < -0.4 is 5.32 Å². The van der Waals surface area contributed by atoms with Gasteiger partial charge >= 0.3 is 0 Å². The van der Waals surface area contributed by atoms with Crippen molar-refractivity contribution >= 4 is 5.91 Å². The smallest absolute Gasteiger partial charge is 0.271 e. The van der Waals surface area contributed by atoms with Crippen LogP contribution in [0.5, 0.6) is 0 Å². The molecule has 27 heavy (non-hydrogen) atoms. The minimum absolute atomic E-state index is 0.107. The van der Waals surface area contributed by atoms with Crippen LogP contribution in [0.4, 0.5) is 0 Å². The highest BCUT2D eigenvalue weighted by molar-refractivity contribution is 5.93. The molecule has 0 fully saturated rings. The highest BCUT2D eigenvalue weighted by Gasteiger charge is 2.18. The average molecular weight is 362 g/mol. The summed E-state index contributed by atoms with van der Waals surface area (Å²) in [7, 11) is 5.89. The SMILES string of the molecule is Cc1ccc(-c2cc(C(=O)NCC(c3ccccc3)N(C)C)nn2C)cc1. The minimum atomic E-state index is -0.160. The van der Waals surface area contributed by atoms with Gasteiger partial charge in [0.1, 0.15) is 0 Å². The predicted molar refractivity (Wildman–Crippen MR) is 109 cm³/mol. The largest absolute Gasteiger partial charge is 0.349 e. The molecule has 1 atom stereocenters. The summed E-state index contributed by atoms with van der Waals surface area (Å²) in [5.41, 5.74) is 4.77. The van der Waals surface area contributed by atoms with Crippen LogP contribution >= 0.6 is 0 Å². The monoisotopic (exact) mass is 362 g/mol. The Hall–Kier alpha value is -2.92. The number of nitrogens with one attached hydrogen (secondary N) is 1. The first-order chi connectivity index (χ1) is 13.0. The average Bonchev–Trinajstić information content (AvgIpc) is 3.05. The molecule has 1 unspecified atom stereocenters. The molecule has 5 nitrogen and oxygen atoms in total. The number of rotatable bonds is 6. The van der Waals surface area contributed by atoms with Crippen molar-refractivity contribution in [3.8, 4) is 11.3 Å². The lowest BCUT2D eigenvalue weighted by Gasteiger charge is -2.24. The molecule has 1 heterocycles. The summed E-state index contributed by atoms with van der Waals surface area (Å²) in [4.78, 5) is 14.8. The molecule has 0 aliphatic rings. The van der Waals surface area contributed by atoms with E-state index in [0.717, 1.165) is 11.3 Å². The van der Waals surface area contributed by atoms with E-state index in [2.05, 4.69) is 46.5 Å². The van der Waals surface area contributed by atoms with Gasteiger partial charge in [0.2, 0.25) is 0 Å². The van der Waals surface area contributed by atoms with Crippen molar-refractivity contribution in [3.05, 3.63) is 77.5 Å². The third-order valence-electron chi connectivity index (χ3n) is 4.72. The topological polar surface area (TPSA) is 50.2 Å². The molecule has 0 saturated heterocycles. The molecular formula is C22H26N4O. The van der Waals surface area contributed by atoms with Crippen molar-refractivity contribution in [2.75, 3.05) is 20.6 Å². The van der Waals surface area contributed by atoms with Crippen molar-refractivity contribution in [2.45, 2.75) is 13.0 Å². The minimum Gasteiger partial charge on any atom is -0.349 e. The van der Waals surface area contributed by atoms with Crippen LogP contribution in [0.15, 0.2) is 60.7 Å². The first-order valence-electron chi connectivity index (χ1n) is 9.06. The Morgan fingerprint density at radius 2 is 1.78 bits per heavy atom. The van der Waals surface area contributed by atoms with Crippen LogP contribution in [0.25, 0.3) is 11.3 Å². The molecule has 0 spiro atoms. The number of amides is 1. The Kier molecular flexibility index (Phi) is 5.72. The molecule has 0 aliphatic carbocycles.